The number of imidazole rings is 1. The van der Waals surface area contributed by atoms with E-state index in [1.807, 2.05) is 36.4 Å². The van der Waals surface area contributed by atoms with Crippen molar-refractivity contribution in [1.29, 1.82) is 0 Å². The summed E-state index contributed by atoms with van der Waals surface area (Å²) in [5.74, 6) is -0.0282. The number of aryl methyl sites for hydroxylation is 1. The molecule has 0 bridgehead atoms. The minimum atomic E-state index is -0.324. The summed E-state index contributed by atoms with van der Waals surface area (Å²) in [4.78, 5) is 40.9. The lowest BCUT2D eigenvalue weighted by Crippen LogP contribution is -2.34. The topological polar surface area (TPSA) is 118 Å². The van der Waals surface area contributed by atoms with Crippen molar-refractivity contribution in [2.75, 3.05) is 11.9 Å². The van der Waals surface area contributed by atoms with Gasteiger partial charge in [-0.3, -0.25) is 19.1 Å². The van der Waals surface area contributed by atoms with Crippen molar-refractivity contribution in [3.8, 4) is 0 Å². The van der Waals surface area contributed by atoms with Crippen LogP contribution < -0.4 is 16.2 Å². The standard InChI is InChI=1S/C22H23N7O2/c1-15-11-26-21(24-9-7-17-4-2-3-8-23-17)22(31)29(15)13-20(30)25-12-16-5-6-18-19(10-16)28-14-27-18/h2-6,8,10-11,14H,7,9,12-13H2,1H3,(H,24,26)(H,25,30)(H,27,28). The number of benzene rings is 1. The maximum absolute atomic E-state index is 12.8. The molecule has 9 heteroatoms. The summed E-state index contributed by atoms with van der Waals surface area (Å²) < 4.78 is 1.42. The lowest BCUT2D eigenvalue weighted by molar-refractivity contribution is -0.121. The van der Waals surface area contributed by atoms with Crippen LogP contribution in [0.25, 0.3) is 11.0 Å². The van der Waals surface area contributed by atoms with Gasteiger partial charge in [0.25, 0.3) is 5.56 Å². The molecule has 0 aliphatic rings. The van der Waals surface area contributed by atoms with Crippen molar-refractivity contribution in [3.63, 3.8) is 0 Å². The highest BCUT2D eigenvalue weighted by Gasteiger charge is 2.12. The van der Waals surface area contributed by atoms with E-state index in [1.54, 1.807) is 25.6 Å². The number of carbonyl (C=O) groups is 1. The van der Waals surface area contributed by atoms with Gasteiger partial charge in [-0.15, -0.1) is 0 Å². The molecule has 31 heavy (non-hydrogen) atoms. The van der Waals surface area contributed by atoms with Crippen LogP contribution >= 0.6 is 0 Å². The Morgan fingerprint density at radius 2 is 2.06 bits per heavy atom. The Balaban J connectivity index is 1.37. The number of fused-ring (bicyclic) bond motifs is 1. The van der Waals surface area contributed by atoms with E-state index in [-0.39, 0.29) is 23.8 Å². The van der Waals surface area contributed by atoms with Crippen molar-refractivity contribution >= 4 is 22.8 Å². The number of carbonyl (C=O) groups excluding carboxylic acids is 1. The molecule has 0 unspecified atom stereocenters. The van der Waals surface area contributed by atoms with Crippen LogP contribution in [-0.4, -0.2) is 37.0 Å². The van der Waals surface area contributed by atoms with Crippen molar-refractivity contribution < 1.29 is 4.79 Å². The Hall–Kier alpha value is -4.01. The molecule has 3 heterocycles. The minimum Gasteiger partial charge on any atom is -0.365 e. The Morgan fingerprint density at radius 1 is 1.16 bits per heavy atom. The molecule has 0 saturated carbocycles. The van der Waals surface area contributed by atoms with Crippen LogP contribution in [0.4, 0.5) is 5.82 Å². The van der Waals surface area contributed by atoms with Gasteiger partial charge in [0.1, 0.15) is 6.54 Å². The molecule has 158 valence electrons. The molecule has 4 aromatic rings. The number of nitrogens with one attached hydrogen (secondary N) is 3. The molecule has 3 aromatic heterocycles. The molecule has 0 saturated heterocycles. The van der Waals surface area contributed by atoms with Crippen LogP contribution in [0.5, 0.6) is 0 Å². The molecule has 3 N–H and O–H groups in total. The van der Waals surface area contributed by atoms with E-state index in [4.69, 9.17) is 0 Å². The maximum Gasteiger partial charge on any atom is 0.293 e. The minimum absolute atomic E-state index is 0.0750. The van der Waals surface area contributed by atoms with Crippen LogP contribution in [-0.2, 0) is 24.3 Å². The van der Waals surface area contributed by atoms with E-state index < -0.39 is 0 Å². The van der Waals surface area contributed by atoms with Crippen molar-refractivity contribution in [3.05, 3.63) is 82.4 Å². The zero-order chi connectivity index (χ0) is 21.6. The molecule has 1 amide bonds. The van der Waals surface area contributed by atoms with Gasteiger partial charge >= 0.3 is 0 Å². The summed E-state index contributed by atoms with van der Waals surface area (Å²) >= 11 is 0. The third kappa shape index (κ3) is 4.95. The van der Waals surface area contributed by atoms with E-state index in [0.717, 1.165) is 22.3 Å². The lowest BCUT2D eigenvalue weighted by atomic mass is 10.2. The highest BCUT2D eigenvalue weighted by molar-refractivity contribution is 5.77. The first-order chi connectivity index (χ1) is 15.1. The molecule has 9 nitrogen and oxygen atoms in total. The fourth-order valence-electron chi connectivity index (χ4n) is 3.24. The monoisotopic (exact) mass is 417 g/mol. The Kier molecular flexibility index (Phi) is 6.02. The quantitative estimate of drug-likeness (QED) is 0.402. The Morgan fingerprint density at radius 3 is 2.90 bits per heavy atom. The van der Waals surface area contributed by atoms with Crippen LogP contribution in [0, 0.1) is 6.92 Å². The molecule has 0 radical (unpaired) electrons. The zero-order valence-corrected chi connectivity index (χ0v) is 17.1. The number of aromatic amines is 1. The largest absolute Gasteiger partial charge is 0.365 e. The fourth-order valence-corrected chi connectivity index (χ4v) is 3.24. The number of pyridine rings is 1. The van der Waals surface area contributed by atoms with Crippen molar-refractivity contribution in [1.82, 2.24) is 29.8 Å². The predicted octanol–water partition coefficient (Wildman–Crippen LogP) is 1.79. The molecule has 4 rings (SSSR count). The molecule has 0 atom stereocenters. The predicted molar refractivity (Wildman–Crippen MR) is 118 cm³/mol. The van der Waals surface area contributed by atoms with Gasteiger partial charge in [0.15, 0.2) is 5.82 Å². The smallest absolute Gasteiger partial charge is 0.293 e. The van der Waals surface area contributed by atoms with Gasteiger partial charge < -0.3 is 15.6 Å². The number of amides is 1. The Bertz CT molecular complexity index is 1250. The van der Waals surface area contributed by atoms with Gasteiger partial charge in [-0.05, 0) is 36.8 Å². The first kappa shape index (κ1) is 20.3. The first-order valence-corrected chi connectivity index (χ1v) is 9.99. The highest BCUT2D eigenvalue weighted by atomic mass is 16.2. The summed E-state index contributed by atoms with van der Waals surface area (Å²) in [5.41, 5.74) is 3.95. The molecular formula is C22H23N7O2. The van der Waals surface area contributed by atoms with Crippen molar-refractivity contribution in [2.45, 2.75) is 26.4 Å². The number of hydrogen-bond donors (Lipinski definition) is 3. The lowest BCUT2D eigenvalue weighted by Gasteiger charge is -2.12. The molecule has 0 aliphatic carbocycles. The second kappa shape index (κ2) is 9.21. The van der Waals surface area contributed by atoms with E-state index in [9.17, 15) is 9.59 Å². The summed E-state index contributed by atoms with van der Waals surface area (Å²) in [7, 11) is 0. The summed E-state index contributed by atoms with van der Waals surface area (Å²) in [6, 6.07) is 11.5. The average Bonchev–Trinajstić information content (AvgIpc) is 3.25. The SMILES string of the molecule is Cc1cnc(NCCc2ccccn2)c(=O)n1CC(=O)NCc1ccc2nc[nH]c2c1. The third-order valence-corrected chi connectivity index (χ3v) is 4.93. The second-order valence-corrected chi connectivity index (χ2v) is 7.17. The van der Waals surface area contributed by atoms with Crippen molar-refractivity contribution in [2.24, 2.45) is 0 Å². The maximum atomic E-state index is 12.8. The van der Waals surface area contributed by atoms with Gasteiger partial charge in [-0.1, -0.05) is 12.1 Å². The molecule has 1 aromatic carbocycles. The fraction of sp³-hybridized carbons (Fsp3) is 0.227. The van der Waals surface area contributed by atoms with Crippen LogP contribution in [0.15, 0.2) is 59.9 Å². The number of nitrogens with zero attached hydrogens (tertiary/aromatic N) is 4. The number of anilines is 1. The van der Waals surface area contributed by atoms with Gasteiger partial charge in [-0.25, -0.2) is 9.97 Å². The molecule has 0 aliphatic heterocycles. The van der Waals surface area contributed by atoms with Crippen LogP contribution in [0.1, 0.15) is 17.0 Å². The van der Waals surface area contributed by atoms with Gasteiger partial charge in [0, 0.05) is 43.3 Å². The highest BCUT2D eigenvalue weighted by Crippen LogP contribution is 2.11. The number of hydrogen-bond acceptors (Lipinski definition) is 6. The summed E-state index contributed by atoms with van der Waals surface area (Å²) in [5, 5.41) is 5.91. The van der Waals surface area contributed by atoms with E-state index >= 15 is 0 Å². The molecular weight excluding hydrogens is 394 g/mol. The van der Waals surface area contributed by atoms with Crippen LogP contribution in [0.2, 0.25) is 0 Å². The zero-order valence-electron chi connectivity index (χ0n) is 17.1. The Labute approximate surface area is 178 Å². The second-order valence-electron chi connectivity index (χ2n) is 7.17. The van der Waals surface area contributed by atoms with Gasteiger partial charge in [0.05, 0.1) is 17.4 Å². The third-order valence-electron chi connectivity index (χ3n) is 4.93. The van der Waals surface area contributed by atoms with Crippen LogP contribution in [0.3, 0.4) is 0 Å². The number of H-pyrrole nitrogens is 1. The number of aromatic nitrogens is 5. The molecule has 0 fully saturated rings. The summed E-state index contributed by atoms with van der Waals surface area (Å²) in [6.45, 7) is 2.56. The van der Waals surface area contributed by atoms with E-state index in [0.29, 0.717) is 25.2 Å². The number of rotatable bonds is 8. The first-order valence-electron chi connectivity index (χ1n) is 9.99. The van der Waals surface area contributed by atoms with Gasteiger partial charge in [0.2, 0.25) is 5.91 Å². The van der Waals surface area contributed by atoms with E-state index in [2.05, 4.69) is 30.6 Å². The molecule has 0 spiro atoms. The normalized spacial score (nSPS) is 10.9. The summed E-state index contributed by atoms with van der Waals surface area (Å²) in [6.07, 6.45) is 5.62. The average molecular weight is 417 g/mol. The van der Waals surface area contributed by atoms with Gasteiger partial charge in [-0.2, -0.15) is 0 Å². The van der Waals surface area contributed by atoms with E-state index in [1.165, 1.54) is 4.57 Å².